The molecule has 1 aliphatic heterocycles. The second kappa shape index (κ2) is 7.82. The predicted molar refractivity (Wildman–Crippen MR) is 104 cm³/mol. The van der Waals surface area contributed by atoms with E-state index in [2.05, 4.69) is 15.6 Å². The van der Waals surface area contributed by atoms with Crippen molar-refractivity contribution in [1.82, 2.24) is 15.6 Å². The SMILES string of the molecule is O=C(NC(CO)Cc1c[nH]c2ccccc12)c1cccc2c1CNCCO2. The van der Waals surface area contributed by atoms with Gasteiger partial charge in [-0.15, -0.1) is 0 Å². The van der Waals surface area contributed by atoms with Gasteiger partial charge in [0.05, 0.1) is 12.6 Å². The number of carbonyl (C=O) groups is 1. The van der Waals surface area contributed by atoms with Gasteiger partial charge in [-0.1, -0.05) is 24.3 Å². The molecule has 0 fully saturated rings. The highest BCUT2D eigenvalue weighted by Crippen LogP contribution is 2.24. The summed E-state index contributed by atoms with van der Waals surface area (Å²) in [6.07, 6.45) is 2.49. The molecule has 2 heterocycles. The average Bonchev–Trinajstić information content (AvgIpc) is 2.94. The van der Waals surface area contributed by atoms with E-state index in [1.807, 2.05) is 42.6 Å². The predicted octanol–water partition coefficient (Wildman–Crippen LogP) is 1.98. The van der Waals surface area contributed by atoms with Gasteiger partial charge in [0.2, 0.25) is 0 Å². The van der Waals surface area contributed by atoms with Crippen molar-refractivity contribution in [2.24, 2.45) is 0 Å². The fraction of sp³-hybridized carbons (Fsp3) is 0.286. The Balaban J connectivity index is 1.53. The lowest BCUT2D eigenvalue weighted by molar-refractivity contribution is 0.0915. The van der Waals surface area contributed by atoms with Gasteiger partial charge in [-0.05, 0) is 30.2 Å². The maximum Gasteiger partial charge on any atom is 0.252 e. The number of aromatic amines is 1. The van der Waals surface area contributed by atoms with Crippen LogP contribution in [-0.4, -0.2) is 41.8 Å². The molecule has 1 aliphatic rings. The van der Waals surface area contributed by atoms with Crippen molar-refractivity contribution < 1.29 is 14.6 Å². The number of hydrogen-bond acceptors (Lipinski definition) is 4. The molecule has 6 nitrogen and oxygen atoms in total. The van der Waals surface area contributed by atoms with Crippen molar-refractivity contribution >= 4 is 16.8 Å². The highest BCUT2D eigenvalue weighted by Gasteiger charge is 2.20. The largest absolute Gasteiger partial charge is 0.492 e. The number of rotatable bonds is 5. The van der Waals surface area contributed by atoms with Crippen LogP contribution in [-0.2, 0) is 13.0 Å². The number of benzene rings is 2. The Morgan fingerprint density at radius 3 is 3.00 bits per heavy atom. The quantitative estimate of drug-likeness (QED) is 0.557. The molecule has 6 heteroatoms. The van der Waals surface area contributed by atoms with Crippen LogP contribution in [0.3, 0.4) is 0 Å². The number of nitrogens with one attached hydrogen (secondary N) is 3. The number of carbonyl (C=O) groups excluding carboxylic acids is 1. The summed E-state index contributed by atoms with van der Waals surface area (Å²) in [5.41, 5.74) is 3.56. The molecule has 1 atom stereocenters. The molecule has 0 saturated carbocycles. The molecule has 0 aliphatic carbocycles. The van der Waals surface area contributed by atoms with Crippen LogP contribution in [0.15, 0.2) is 48.7 Å². The van der Waals surface area contributed by atoms with E-state index in [1.54, 1.807) is 6.07 Å². The van der Waals surface area contributed by atoms with Gasteiger partial charge in [-0.25, -0.2) is 0 Å². The van der Waals surface area contributed by atoms with Crippen molar-refractivity contribution in [3.63, 3.8) is 0 Å². The molecule has 0 bridgehead atoms. The van der Waals surface area contributed by atoms with Gasteiger partial charge >= 0.3 is 0 Å². The molecule has 3 aromatic rings. The molecule has 27 heavy (non-hydrogen) atoms. The zero-order valence-corrected chi connectivity index (χ0v) is 15.0. The van der Waals surface area contributed by atoms with E-state index in [0.717, 1.165) is 34.3 Å². The van der Waals surface area contributed by atoms with Crippen molar-refractivity contribution in [3.8, 4) is 5.75 Å². The summed E-state index contributed by atoms with van der Waals surface area (Å²) in [5.74, 6) is 0.544. The van der Waals surface area contributed by atoms with Crippen LogP contribution in [0, 0.1) is 0 Å². The minimum atomic E-state index is -0.368. The van der Waals surface area contributed by atoms with E-state index in [9.17, 15) is 9.90 Å². The third-order valence-electron chi connectivity index (χ3n) is 4.91. The van der Waals surface area contributed by atoms with E-state index >= 15 is 0 Å². The number of aromatic nitrogens is 1. The molecule has 0 radical (unpaired) electrons. The van der Waals surface area contributed by atoms with Crippen LogP contribution >= 0.6 is 0 Å². The van der Waals surface area contributed by atoms with Crippen LogP contribution in [0.4, 0.5) is 0 Å². The van der Waals surface area contributed by atoms with Crippen molar-refractivity contribution in [2.75, 3.05) is 19.8 Å². The molecule has 1 amide bonds. The number of aliphatic hydroxyl groups excluding tert-OH is 1. The summed E-state index contributed by atoms with van der Waals surface area (Å²) in [5, 5.41) is 17.2. The van der Waals surface area contributed by atoms with E-state index in [0.29, 0.717) is 25.1 Å². The van der Waals surface area contributed by atoms with Gasteiger partial charge in [0.1, 0.15) is 12.4 Å². The molecule has 0 spiro atoms. The zero-order valence-electron chi connectivity index (χ0n) is 15.0. The Kier molecular flexibility index (Phi) is 5.09. The molecule has 140 valence electrons. The molecular weight excluding hydrogens is 342 g/mol. The molecule has 4 N–H and O–H groups in total. The lowest BCUT2D eigenvalue weighted by Crippen LogP contribution is -2.39. The van der Waals surface area contributed by atoms with Crippen LogP contribution in [0.5, 0.6) is 5.75 Å². The number of ether oxygens (including phenoxy) is 1. The maximum absolute atomic E-state index is 12.9. The third kappa shape index (κ3) is 3.67. The van der Waals surface area contributed by atoms with Gasteiger partial charge in [0, 0.05) is 41.3 Å². The third-order valence-corrected chi connectivity index (χ3v) is 4.91. The lowest BCUT2D eigenvalue weighted by atomic mass is 10.0. The molecular formula is C21H23N3O3. The summed E-state index contributed by atoms with van der Waals surface area (Å²) in [4.78, 5) is 16.1. The first-order valence-corrected chi connectivity index (χ1v) is 9.18. The summed E-state index contributed by atoms with van der Waals surface area (Å²) >= 11 is 0. The maximum atomic E-state index is 12.9. The minimum Gasteiger partial charge on any atom is -0.492 e. The fourth-order valence-electron chi connectivity index (χ4n) is 3.53. The number of para-hydroxylation sites is 1. The molecule has 1 aromatic heterocycles. The topological polar surface area (TPSA) is 86.4 Å². The second-order valence-electron chi connectivity index (χ2n) is 6.72. The van der Waals surface area contributed by atoms with Gasteiger partial charge in [-0.2, -0.15) is 0 Å². The Morgan fingerprint density at radius 2 is 2.11 bits per heavy atom. The van der Waals surface area contributed by atoms with Gasteiger partial charge in [0.25, 0.3) is 5.91 Å². The van der Waals surface area contributed by atoms with Crippen molar-refractivity contribution in [2.45, 2.75) is 19.0 Å². The van der Waals surface area contributed by atoms with Crippen LogP contribution in [0.25, 0.3) is 10.9 Å². The first kappa shape index (κ1) is 17.6. The van der Waals surface area contributed by atoms with Gasteiger partial charge in [-0.3, -0.25) is 4.79 Å². The van der Waals surface area contributed by atoms with Crippen LogP contribution in [0.2, 0.25) is 0 Å². The van der Waals surface area contributed by atoms with Crippen LogP contribution < -0.4 is 15.4 Å². The second-order valence-corrected chi connectivity index (χ2v) is 6.72. The number of H-pyrrole nitrogens is 1. The normalized spacial score (nSPS) is 14.9. The first-order chi connectivity index (χ1) is 13.3. The zero-order chi connectivity index (χ0) is 18.6. The van der Waals surface area contributed by atoms with E-state index in [4.69, 9.17) is 4.74 Å². The van der Waals surface area contributed by atoms with E-state index in [1.165, 1.54) is 0 Å². The average molecular weight is 365 g/mol. The fourth-order valence-corrected chi connectivity index (χ4v) is 3.53. The van der Waals surface area contributed by atoms with E-state index in [-0.39, 0.29) is 18.6 Å². The molecule has 2 aromatic carbocycles. The highest BCUT2D eigenvalue weighted by atomic mass is 16.5. The van der Waals surface area contributed by atoms with Gasteiger partial charge in [0.15, 0.2) is 0 Å². The lowest BCUT2D eigenvalue weighted by Gasteiger charge is -2.18. The van der Waals surface area contributed by atoms with Gasteiger partial charge < -0.3 is 25.5 Å². The number of hydrogen-bond donors (Lipinski definition) is 4. The van der Waals surface area contributed by atoms with Crippen molar-refractivity contribution in [1.29, 1.82) is 0 Å². The van der Waals surface area contributed by atoms with E-state index < -0.39 is 0 Å². The number of aliphatic hydroxyl groups is 1. The summed E-state index contributed by atoms with van der Waals surface area (Å²) in [6.45, 7) is 1.79. The Bertz CT molecular complexity index is 951. The van der Waals surface area contributed by atoms with Crippen molar-refractivity contribution in [3.05, 3.63) is 65.4 Å². The van der Waals surface area contributed by atoms with Crippen LogP contribution in [0.1, 0.15) is 21.5 Å². The highest BCUT2D eigenvalue weighted by molar-refractivity contribution is 5.96. The standard InChI is InChI=1S/C21H23N3O3/c25-13-15(10-14-11-23-19-6-2-1-4-16(14)19)24-21(26)17-5-3-7-20-18(17)12-22-8-9-27-20/h1-7,11,15,22-23,25H,8-10,12-13H2,(H,24,26). The summed E-state index contributed by atoms with van der Waals surface area (Å²) in [7, 11) is 0. The summed E-state index contributed by atoms with van der Waals surface area (Å²) < 4.78 is 5.71. The summed E-state index contributed by atoms with van der Waals surface area (Å²) in [6, 6.07) is 13.2. The Hall–Kier alpha value is -2.83. The minimum absolute atomic E-state index is 0.130. The first-order valence-electron chi connectivity index (χ1n) is 9.18. The number of amides is 1. The molecule has 1 unspecified atom stereocenters. The molecule has 4 rings (SSSR count). The number of fused-ring (bicyclic) bond motifs is 2. The Morgan fingerprint density at radius 1 is 1.22 bits per heavy atom. The smallest absolute Gasteiger partial charge is 0.252 e. The molecule has 0 saturated heterocycles. The monoisotopic (exact) mass is 365 g/mol. The Labute approximate surface area is 157 Å².